The van der Waals surface area contributed by atoms with E-state index in [0.29, 0.717) is 12.0 Å². The third-order valence-electron chi connectivity index (χ3n) is 2.98. The lowest BCUT2D eigenvalue weighted by Gasteiger charge is -2.06. The number of hydrogen-bond donors (Lipinski definition) is 0. The number of hydrogen-bond acceptors (Lipinski definition) is 1. The van der Waals surface area contributed by atoms with Gasteiger partial charge in [0.05, 0.1) is 0 Å². The van der Waals surface area contributed by atoms with E-state index in [4.69, 9.17) is 0 Å². The van der Waals surface area contributed by atoms with Crippen LogP contribution in [0, 0.1) is 19.7 Å². The molecule has 0 bridgehead atoms. The van der Waals surface area contributed by atoms with Crippen molar-refractivity contribution in [1.82, 2.24) is 0 Å². The summed E-state index contributed by atoms with van der Waals surface area (Å²) in [5, 5.41) is 0. The maximum Gasteiger partial charge on any atom is 0.167 e. The molecule has 0 unspecified atom stereocenters. The Morgan fingerprint density at radius 2 is 1.83 bits per heavy atom. The van der Waals surface area contributed by atoms with Crippen LogP contribution < -0.4 is 0 Å². The maximum atomic E-state index is 13.3. The highest BCUT2D eigenvalue weighted by molar-refractivity contribution is 5.97. The van der Waals surface area contributed by atoms with Crippen LogP contribution in [0.5, 0.6) is 0 Å². The first-order chi connectivity index (χ1) is 8.56. The van der Waals surface area contributed by atoms with E-state index in [-0.39, 0.29) is 11.6 Å². The van der Waals surface area contributed by atoms with Gasteiger partial charge in [-0.1, -0.05) is 24.3 Å². The summed E-state index contributed by atoms with van der Waals surface area (Å²) >= 11 is 0. The van der Waals surface area contributed by atoms with Gasteiger partial charge in [-0.2, -0.15) is 0 Å². The van der Waals surface area contributed by atoms with E-state index in [1.807, 2.05) is 31.2 Å². The zero-order chi connectivity index (χ0) is 13.1. The van der Waals surface area contributed by atoms with Crippen molar-refractivity contribution in [2.45, 2.75) is 20.3 Å². The molecule has 2 rings (SSSR count). The molecule has 2 aromatic rings. The Balaban J connectivity index is 2.25. The van der Waals surface area contributed by atoms with Gasteiger partial charge in [-0.05, 0) is 48.7 Å². The van der Waals surface area contributed by atoms with Gasteiger partial charge in [0.15, 0.2) is 5.78 Å². The molecule has 0 atom stereocenters. The van der Waals surface area contributed by atoms with E-state index < -0.39 is 0 Å². The van der Waals surface area contributed by atoms with Gasteiger partial charge in [-0.15, -0.1) is 0 Å². The van der Waals surface area contributed by atoms with Gasteiger partial charge in [0, 0.05) is 12.0 Å². The molecule has 0 amide bonds. The molecule has 0 aliphatic rings. The molecule has 0 aliphatic heterocycles. The van der Waals surface area contributed by atoms with Crippen LogP contribution >= 0.6 is 0 Å². The minimum Gasteiger partial charge on any atom is -0.294 e. The first-order valence-electron chi connectivity index (χ1n) is 5.91. The molecule has 1 nitrogen and oxygen atoms in total. The number of aryl methyl sites for hydroxylation is 2. The van der Waals surface area contributed by atoms with Gasteiger partial charge in [0.1, 0.15) is 5.82 Å². The number of carbonyl (C=O) groups excluding carboxylic acids is 1. The van der Waals surface area contributed by atoms with Crippen LogP contribution in [0.15, 0.2) is 42.5 Å². The molecule has 0 radical (unpaired) electrons. The summed E-state index contributed by atoms with van der Waals surface area (Å²) in [6.07, 6.45) is 0.315. The predicted octanol–water partition coefficient (Wildman–Crippen LogP) is 3.87. The Kier molecular flexibility index (Phi) is 3.56. The Labute approximate surface area is 106 Å². The zero-order valence-corrected chi connectivity index (χ0v) is 10.5. The summed E-state index contributed by atoms with van der Waals surface area (Å²) in [7, 11) is 0. The van der Waals surface area contributed by atoms with Crippen molar-refractivity contribution >= 4 is 5.78 Å². The topological polar surface area (TPSA) is 17.1 Å². The van der Waals surface area contributed by atoms with Crippen LogP contribution in [0.4, 0.5) is 4.39 Å². The van der Waals surface area contributed by atoms with Crippen LogP contribution in [0.1, 0.15) is 27.0 Å². The fourth-order valence-corrected chi connectivity index (χ4v) is 1.98. The number of rotatable bonds is 3. The maximum absolute atomic E-state index is 13.3. The quantitative estimate of drug-likeness (QED) is 0.747. The highest BCUT2D eigenvalue weighted by atomic mass is 19.1. The SMILES string of the molecule is Cc1cc(F)cc(C(=O)Cc2ccccc2C)c1. The third kappa shape index (κ3) is 2.83. The smallest absolute Gasteiger partial charge is 0.167 e. The van der Waals surface area contributed by atoms with Crippen molar-refractivity contribution in [3.05, 3.63) is 70.5 Å². The van der Waals surface area contributed by atoms with E-state index in [1.165, 1.54) is 12.1 Å². The average Bonchev–Trinajstić information content (AvgIpc) is 2.31. The molecule has 2 heteroatoms. The molecular weight excluding hydrogens is 227 g/mol. The van der Waals surface area contributed by atoms with Gasteiger partial charge in [-0.3, -0.25) is 4.79 Å². The van der Waals surface area contributed by atoms with E-state index >= 15 is 0 Å². The lowest BCUT2D eigenvalue weighted by molar-refractivity contribution is 0.0992. The van der Waals surface area contributed by atoms with E-state index in [1.54, 1.807) is 13.0 Å². The van der Waals surface area contributed by atoms with E-state index in [9.17, 15) is 9.18 Å². The summed E-state index contributed by atoms with van der Waals surface area (Å²) in [5.41, 5.74) is 3.28. The van der Waals surface area contributed by atoms with Gasteiger partial charge in [0.2, 0.25) is 0 Å². The van der Waals surface area contributed by atoms with E-state index in [0.717, 1.165) is 16.7 Å². The minimum atomic E-state index is -0.358. The molecule has 0 N–H and O–H groups in total. The number of benzene rings is 2. The van der Waals surface area contributed by atoms with Crippen molar-refractivity contribution in [3.63, 3.8) is 0 Å². The van der Waals surface area contributed by atoms with Crippen LogP contribution in [-0.4, -0.2) is 5.78 Å². The lowest BCUT2D eigenvalue weighted by Crippen LogP contribution is -2.05. The van der Waals surface area contributed by atoms with Crippen LogP contribution in [0.2, 0.25) is 0 Å². The summed E-state index contributed by atoms with van der Waals surface area (Å²) in [6.45, 7) is 3.76. The summed E-state index contributed by atoms with van der Waals surface area (Å²) < 4.78 is 13.3. The van der Waals surface area contributed by atoms with E-state index in [2.05, 4.69) is 0 Å². The normalized spacial score (nSPS) is 10.4. The highest BCUT2D eigenvalue weighted by Crippen LogP contribution is 2.14. The lowest BCUT2D eigenvalue weighted by atomic mass is 9.98. The first-order valence-corrected chi connectivity index (χ1v) is 5.91. The zero-order valence-electron chi connectivity index (χ0n) is 10.5. The Morgan fingerprint density at radius 1 is 1.11 bits per heavy atom. The number of carbonyl (C=O) groups is 1. The largest absolute Gasteiger partial charge is 0.294 e. The molecule has 0 heterocycles. The fourth-order valence-electron chi connectivity index (χ4n) is 1.98. The molecule has 2 aromatic carbocycles. The number of Topliss-reactive ketones (excluding diaryl/α,β-unsaturated/α-hetero) is 1. The van der Waals surface area contributed by atoms with Crippen molar-refractivity contribution in [2.75, 3.05) is 0 Å². The van der Waals surface area contributed by atoms with Crippen molar-refractivity contribution in [3.8, 4) is 0 Å². The molecule has 0 spiro atoms. The molecule has 0 aromatic heterocycles. The standard InChI is InChI=1S/C16H15FO/c1-11-7-14(9-15(17)8-11)16(18)10-13-6-4-3-5-12(13)2/h3-9H,10H2,1-2H3. The number of ketones is 1. The minimum absolute atomic E-state index is 0.0492. The predicted molar refractivity (Wildman–Crippen MR) is 70.4 cm³/mol. The molecular formula is C16H15FO. The second-order valence-corrected chi connectivity index (χ2v) is 4.54. The third-order valence-corrected chi connectivity index (χ3v) is 2.98. The van der Waals surface area contributed by atoms with Crippen LogP contribution in [0.25, 0.3) is 0 Å². The van der Waals surface area contributed by atoms with Gasteiger partial charge < -0.3 is 0 Å². The van der Waals surface area contributed by atoms with Crippen molar-refractivity contribution in [2.24, 2.45) is 0 Å². The average molecular weight is 242 g/mol. The molecule has 92 valence electrons. The Bertz CT molecular complexity index is 567. The van der Waals surface area contributed by atoms with Crippen molar-refractivity contribution < 1.29 is 9.18 Å². The highest BCUT2D eigenvalue weighted by Gasteiger charge is 2.10. The molecule has 0 fully saturated rings. The Hall–Kier alpha value is -1.96. The first kappa shape index (κ1) is 12.5. The second kappa shape index (κ2) is 5.13. The summed E-state index contributed by atoms with van der Waals surface area (Å²) in [5.74, 6) is -0.407. The number of halogens is 1. The molecule has 18 heavy (non-hydrogen) atoms. The monoisotopic (exact) mass is 242 g/mol. The van der Waals surface area contributed by atoms with Gasteiger partial charge >= 0.3 is 0 Å². The van der Waals surface area contributed by atoms with Crippen molar-refractivity contribution in [1.29, 1.82) is 0 Å². The molecule has 0 saturated heterocycles. The fraction of sp³-hybridized carbons (Fsp3) is 0.188. The van der Waals surface area contributed by atoms with Gasteiger partial charge in [0.25, 0.3) is 0 Å². The summed E-state index contributed by atoms with van der Waals surface area (Å²) in [4.78, 5) is 12.1. The molecule has 0 aliphatic carbocycles. The molecule has 0 saturated carbocycles. The van der Waals surface area contributed by atoms with Gasteiger partial charge in [-0.25, -0.2) is 4.39 Å². The summed E-state index contributed by atoms with van der Waals surface area (Å²) in [6, 6.07) is 12.2. The second-order valence-electron chi connectivity index (χ2n) is 4.54. The van der Waals surface area contributed by atoms with Crippen LogP contribution in [-0.2, 0) is 6.42 Å². The van der Waals surface area contributed by atoms with Crippen LogP contribution in [0.3, 0.4) is 0 Å². The Morgan fingerprint density at radius 3 is 2.50 bits per heavy atom.